The predicted octanol–water partition coefficient (Wildman–Crippen LogP) is 5.04. The molecule has 3 heterocycles. The topological polar surface area (TPSA) is 59.6 Å². The first-order valence-corrected chi connectivity index (χ1v) is 10.6. The molecule has 6 nitrogen and oxygen atoms in total. The summed E-state index contributed by atoms with van der Waals surface area (Å²) in [5, 5.41) is 8.04. The third-order valence-corrected chi connectivity index (χ3v) is 6.88. The second kappa shape index (κ2) is 7.72. The molecule has 2 aliphatic heterocycles. The van der Waals surface area contributed by atoms with Crippen LogP contribution in [-0.4, -0.2) is 30.6 Å². The Morgan fingerprint density at radius 1 is 1.24 bits per heavy atom. The number of hydrogen-bond donors (Lipinski definition) is 1. The van der Waals surface area contributed by atoms with Gasteiger partial charge in [0.15, 0.2) is 11.5 Å². The Bertz CT molecular complexity index is 1030. The Hall–Kier alpha value is -2.51. The highest BCUT2D eigenvalue weighted by atomic mass is 35.5. The number of anilines is 1. The minimum atomic E-state index is 0.189. The fraction of sp³-hybridized carbons (Fsp3) is 0.286. The molecule has 0 fully saturated rings. The van der Waals surface area contributed by atoms with E-state index in [2.05, 4.69) is 27.2 Å². The average molecular weight is 430 g/mol. The Kier molecular flexibility index (Phi) is 4.93. The summed E-state index contributed by atoms with van der Waals surface area (Å²) in [5.74, 6) is 2.31. The molecule has 0 unspecified atom stereocenters. The molecule has 0 bridgehead atoms. The summed E-state index contributed by atoms with van der Waals surface area (Å²) in [5.41, 5.74) is 3.33. The molecule has 5 rings (SSSR count). The summed E-state index contributed by atoms with van der Waals surface area (Å²) < 4.78 is 16.5. The van der Waals surface area contributed by atoms with Gasteiger partial charge in [-0.05, 0) is 42.3 Å². The number of thioether (sulfide) groups is 1. The molecule has 1 atom stereocenters. The zero-order valence-electron chi connectivity index (χ0n) is 15.9. The number of fused-ring (bicyclic) bond motifs is 2. The van der Waals surface area contributed by atoms with E-state index >= 15 is 0 Å². The van der Waals surface area contributed by atoms with Crippen LogP contribution in [0.25, 0.3) is 0 Å². The van der Waals surface area contributed by atoms with Gasteiger partial charge in [0.05, 0.1) is 25.0 Å². The monoisotopic (exact) mass is 429 g/mol. The molecular formula is C21H20ClN3O3S. The number of halogens is 1. The van der Waals surface area contributed by atoms with Crippen molar-refractivity contribution >= 4 is 29.1 Å². The molecule has 0 saturated carbocycles. The third-order valence-electron chi connectivity index (χ3n) is 5.20. The van der Waals surface area contributed by atoms with E-state index in [1.807, 2.05) is 36.0 Å². The zero-order chi connectivity index (χ0) is 19.8. The lowest BCUT2D eigenvalue weighted by Crippen LogP contribution is -2.24. The van der Waals surface area contributed by atoms with Crippen molar-refractivity contribution in [1.29, 1.82) is 0 Å². The van der Waals surface area contributed by atoms with Crippen LogP contribution in [0.15, 0.2) is 47.5 Å². The average Bonchev–Trinajstić information content (AvgIpc) is 3.37. The molecule has 0 radical (unpaired) electrons. The van der Waals surface area contributed by atoms with Crippen LogP contribution in [0.2, 0.25) is 5.02 Å². The van der Waals surface area contributed by atoms with Crippen molar-refractivity contribution in [2.75, 3.05) is 25.3 Å². The van der Waals surface area contributed by atoms with E-state index in [1.54, 1.807) is 13.3 Å². The van der Waals surface area contributed by atoms with Gasteiger partial charge in [-0.25, -0.2) is 0 Å². The Morgan fingerprint density at radius 3 is 2.90 bits per heavy atom. The van der Waals surface area contributed by atoms with Gasteiger partial charge < -0.3 is 19.1 Å². The molecule has 0 spiro atoms. The quantitative estimate of drug-likeness (QED) is 0.626. The lowest BCUT2D eigenvalue weighted by atomic mass is 10.1. The lowest BCUT2D eigenvalue weighted by Gasteiger charge is -2.24. The van der Waals surface area contributed by atoms with Gasteiger partial charge in [0.2, 0.25) is 6.79 Å². The van der Waals surface area contributed by atoms with E-state index in [-0.39, 0.29) is 12.0 Å². The van der Waals surface area contributed by atoms with Crippen LogP contribution in [-0.2, 0) is 6.54 Å². The van der Waals surface area contributed by atoms with Crippen LogP contribution >= 0.6 is 23.4 Å². The molecule has 0 saturated heterocycles. The number of rotatable bonds is 4. The maximum atomic E-state index is 6.63. The first kappa shape index (κ1) is 18.5. The SMILES string of the molecule is COc1ccc2c(c1)S[C@@H](c1cc3c(cc1Cl)OCO3)CCN2Cc1ccn[nH]1. The van der Waals surface area contributed by atoms with Crippen molar-refractivity contribution < 1.29 is 14.2 Å². The fourth-order valence-electron chi connectivity index (χ4n) is 3.72. The summed E-state index contributed by atoms with van der Waals surface area (Å²) in [6, 6.07) is 12.1. The van der Waals surface area contributed by atoms with E-state index in [0.29, 0.717) is 10.8 Å². The van der Waals surface area contributed by atoms with Gasteiger partial charge in [-0.2, -0.15) is 5.10 Å². The van der Waals surface area contributed by atoms with Crippen molar-refractivity contribution in [1.82, 2.24) is 10.2 Å². The van der Waals surface area contributed by atoms with Gasteiger partial charge in [0.25, 0.3) is 0 Å². The Morgan fingerprint density at radius 2 is 2.10 bits per heavy atom. The second-order valence-corrected chi connectivity index (χ2v) is 8.61. The number of benzene rings is 2. The van der Waals surface area contributed by atoms with Crippen molar-refractivity contribution in [3.63, 3.8) is 0 Å². The second-order valence-electron chi connectivity index (χ2n) is 6.96. The summed E-state index contributed by atoms with van der Waals surface area (Å²) in [6.45, 7) is 1.90. The number of nitrogens with zero attached hydrogens (tertiary/aromatic N) is 2. The maximum absolute atomic E-state index is 6.63. The Labute approximate surface area is 178 Å². The van der Waals surface area contributed by atoms with Crippen LogP contribution in [0.5, 0.6) is 17.2 Å². The highest BCUT2D eigenvalue weighted by Crippen LogP contribution is 2.50. The number of ether oxygens (including phenoxy) is 3. The van der Waals surface area contributed by atoms with E-state index in [9.17, 15) is 0 Å². The molecule has 29 heavy (non-hydrogen) atoms. The molecule has 150 valence electrons. The van der Waals surface area contributed by atoms with Crippen molar-refractivity contribution in [2.24, 2.45) is 0 Å². The number of methoxy groups -OCH3 is 1. The van der Waals surface area contributed by atoms with Crippen LogP contribution in [0.3, 0.4) is 0 Å². The number of aromatic nitrogens is 2. The summed E-state index contributed by atoms with van der Waals surface area (Å²) in [7, 11) is 1.69. The first-order valence-electron chi connectivity index (χ1n) is 9.38. The van der Waals surface area contributed by atoms with Gasteiger partial charge in [-0.3, -0.25) is 5.10 Å². The fourth-order valence-corrected chi connectivity index (χ4v) is 5.43. The largest absolute Gasteiger partial charge is 0.497 e. The normalized spacial score (nSPS) is 17.7. The minimum absolute atomic E-state index is 0.189. The summed E-state index contributed by atoms with van der Waals surface area (Å²) >= 11 is 8.44. The van der Waals surface area contributed by atoms with Crippen molar-refractivity contribution in [3.05, 3.63) is 58.9 Å². The van der Waals surface area contributed by atoms with Crippen LogP contribution < -0.4 is 19.1 Å². The highest BCUT2D eigenvalue weighted by molar-refractivity contribution is 7.99. The van der Waals surface area contributed by atoms with E-state index < -0.39 is 0 Å². The zero-order valence-corrected chi connectivity index (χ0v) is 17.4. The standard InChI is InChI=1S/C21H20ClN3O3S/c1-26-14-2-3-17-21(8-14)29-20(5-7-25(17)11-13-4-6-23-24-13)15-9-18-19(10-16(15)22)28-12-27-18/h2-4,6,8-10,20H,5,7,11-12H2,1H3,(H,23,24)/t20-/m1/s1. The highest BCUT2D eigenvalue weighted by Gasteiger charge is 2.27. The van der Waals surface area contributed by atoms with Gasteiger partial charge in [-0.1, -0.05) is 11.6 Å². The van der Waals surface area contributed by atoms with Gasteiger partial charge in [-0.15, -0.1) is 11.8 Å². The molecule has 0 amide bonds. The smallest absolute Gasteiger partial charge is 0.231 e. The van der Waals surface area contributed by atoms with Gasteiger partial charge in [0, 0.05) is 34.0 Å². The molecule has 3 aromatic rings. The van der Waals surface area contributed by atoms with E-state index in [0.717, 1.165) is 42.3 Å². The van der Waals surface area contributed by atoms with E-state index in [4.69, 9.17) is 25.8 Å². The van der Waals surface area contributed by atoms with Crippen LogP contribution in [0.1, 0.15) is 22.9 Å². The molecule has 2 aromatic carbocycles. The number of nitrogens with one attached hydrogen (secondary N) is 1. The minimum Gasteiger partial charge on any atom is -0.497 e. The molecule has 2 aliphatic rings. The summed E-state index contributed by atoms with van der Waals surface area (Å²) in [6.07, 6.45) is 2.72. The first-order chi connectivity index (χ1) is 14.2. The number of aromatic amines is 1. The molecular weight excluding hydrogens is 410 g/mol. The van der Waals surface area contributed by atoms with Gasteiger partial charge >= 0.3 is 0 Å². The predicted molar refractivity (Wildman–Crippen MR) is 113 cm³/mol. The van der Waals surface area contributed by atoms with Gasteiger partial charge in [0.1, 0.15) is 5.75 Å². The van der Waals surface area contributed by atoms with Crippen molar-refractivity contribution in [3.8, 4) is 17.2 Å². The number of hydrogen-bond acceptors (Lipinski definition) is 6. The molecule has 1 N–H and O–H groups in total. The Balaban J connectivity index is 1.51. The third kappa shape index (κ3) is 3.60. The molecule has 0 aliphatic carbocycles. The lowest BCUT2D eigenvalue weighted by molar-refractivity contribution is 0.174. The maximum Gasteiger partial charge on any atom is 0.231 e. The number of H-pyrrole nitrogens is 1. The van der Waals surface area contributed by atoms with Crippen LogP contribution in [0, 0.1) is 0 Å². The molecule has 8 heteroatoms. The summed E-state index contributed by atoms with van der Waals surface area (Å²) in [4.78, 5) is 3.54. The molecule has 1 aromatic heterocycles. The van der Waals surface area contributed by atoms with E-state index in [1.165, 1.54) is 10.6 Å². The van der Waals surface area contributed by atoms with Crippen LogP contribution in [0.4, 0.5) is 5.69 Å². The van der Waals surface area contributed by atoms with Crippen molar-refractivity contribution in [2.45, 2.75) is 23.1 Å².